The number of hydrogen-bond acceptors (Lipinski definition) is 6. The van der Waals surface area contributed by atoms with E-state index in [-0.39, 0.29) is 5.75 Å². The minimum atomic E-state index is -0.966. The normalized spacial score (nSPS) is 10.6. The molecular formula is C11H11N3O4S. The molecule has 2 aromatic rings. The molecular weight excluding hydrogens is 270 g/mol. The number of aromatic nitrogens is 3. The van der Waals surface area contributed by atoms with Gasteiger partial charge in [0.15, 0.2) is 5.16 Å². The van der Waals surface area contributed by atoms with E-state index in [0.29, 0.717) is 23.2 Å². The molecule has 100 valence electrons. The SMILES string of the molecule is Cc1cc(Cn2ccc(=O)nc2SCC(=O)O)no1. The molecule has 0 atom stereocenters. The third-order valence-corrected chi connectivity index (χ3v) is 3.16. The van der Waals surface area contributed by atoms with Crippen LogP contribution in [-0.2, 0) is 11.3 Å². The highest BCUT2D eigenvalue weighted by Gasteiger charge is 2.09. The standard InChI is InChI=1S/C11H11N3O4S/c1-7-4-8(13-18-7)5-14-3-2-9(15)12-11(14)19-6-10(16)17/h2-4H,5-6H2,1H3,(H,16,17). The van der Waals surface area contributed by atoms with Crippen LogP contribution in [0.25, 0.3) is 0 Å². The van der Waals surface area contributed by atoms with Crippen molar-refractivity contribution < 1.29 is 14.4 Å². The molecule has 0 fully saturated rings. The monoisotopic (exact) mass is 281 g/mol. The van der Waals surface area contributed by atoms with Crippen LogP contribution in [0.1, 0.15) is 11.5 Å². The smallest absolute Gasteiger partial charge is 0.313 e. The number of thioether (sulfide) groups is 1. The molecule has 1 N–H and O–H groups in total. The van der Waals surface area contributed by atoms with E-state index >= 15 is 0 Å². The molecule has 0 bridgehead atoms. The van der Waals surface area contributed by atoms with Crippen LogP contribution in [0.15, 0.2) is 32.8 Å². The maximum atomic E-state index is 11.2. The average Bonchev–Trinajstić information content (AvgIpc) is 2.75. The van der Waals surface area contributed by atoms with Gasteiger partial charge >= 0.3 is 5.97 Å². The number of carboxylic acids is 1. The zero-order valence-electron chi connectivity index (χ0n) is 10.1. The Hall–Kier alpha value is -2.09. The molecule has 0 saturated carbocycles. The lowest BCUT2D eigenvalue weighted by atomic mass is 10.4. The average molecular weight is 281 g/mol. The first-order chi connectivity index (χ1) is 9.04. The number of carboxylic acid groups (broad SMARTS) is 1. The topological polar surface area (TPSA) is 98.2 Å². The fourth-order valence-corrected chi connectivity index (χ4v) is 2.14. The van der Waals surface area contributed by atoms with Gasteiger partial charge in [-0.3, -0.25) is 9.59 Å². The van der Waals surface area contributed by atoms with Crippen LogP contribution in [-0.4, -0.2) is 31.5 Å². The lowest BCUT2D eigenvalue weighted by molar-refractivity contribution is -0.133. The number of aryl methyl sites for hydroxylation is 1. The van der Waals surface area contributed by atoms with Gasteiger partial charge < -0.3 is 14.2 Å². The Balaban J connectivity index is 2.23. The van der Waals surface area contributed by atoms with Gasteiger partial charge in [0, 0.05) is 18.3 Å². The number of aliphatic carboxylic acids is 1. The predicted molar refractivity (Wildman–Crippen MR) is 67.2 cm³/mol. The van der Waals surface area contributed by atoms with Gasteiger partial charge in [0.2, 0.25) is 0 Å². The van der Waals surface area contributed by atoms with Crippen molar-refractivity contribution >= 4 is 17.7 Å². The molecule has 2 aromatic heterocycles. The molecule has 0 aromatic carbocycles. The second-order valence-electron chi connectivity index (χ2n) is 3.79. The summed E-state index contributed by atoms with van der Waals surface area (Å²) in [5.74, 6) is -0.440. The summed E-state index contributed by atoms with van der Waals surface area (Å²) in [5.41, 5.74) is 0.278. The second kappa shape index (κ2) is 5.70. The maximum Gasteiger partial charge on any atom is 0.313 e. The lowest BCUT2D eigenvalue weighted by Crippen LogP contribution is -2.15. The van der Waals surface area contributed by atoms with Crippen molar-refractivity contribution in [1.29, 1.82) is 0 Å². The molecule has 19 heavy (non-hydrogen) atoms. The van der Waals surface area contributed by atoms with Crippen molar-refractivity contribution in [3.63, 3.8) is 0 Å². The Morgan fingerprint density at radius 3 is 3.00 bits per heavy atom. The summed E-state index contributed by atoms with van der Waals surface area (Å²) in [6, 6.07) is 3.08. The first kappa shape index (κ1) is 13.3. The van der Waals surface area contributed by atoms with Crippen molar-refractivity contribution in [2.75, 3.05) is 5.75 Å². The fraction of sp³-hybridized carbons (Fsp3) is 0.273. The van der Waals surface area contributed by atoms with Gasteiger partial charge in [0.05, 0.1) is 12.3 Å². The zero-order chi connectivity index (χ0) is 13.8. The molecule has 7 nitrogen and oxygen atoms in total. The predicted octanol–water partition coefficient (Wildman–Crippen LogP) is 0.765. The summed E-state index contributed by atoms with van der Waals surface area (Å²) in [5, 5.41) is 12.9. The van der Waals surface area contributed by atoms with E-state index < -0.39 is 11.5 Å². The third-order valence-electron chi connectivity index (χ3n) is 2.18. The number of nitrogens with zero attached hydrogens (tertiary/aromatic N) is 3. The maximum absolute atomic E-state index is 11.2. The summed E-state index contributed by atoms with van der Waals surface area (Å²) in [4.78, 5) is 25.6. The van der Waals surface area contributed by atoms with Crippen molar-refractivity contribution in [2.45, 2.75) is 18.6 Å². The Morgan fingerprint density at radius 2 is 2.37 bits per heavy atom. The minimum absolute atomic E-state index is 0.158. The van der Waals surface area contributed by atoms with Crippen molar-refractivity contribution in [1.82, 2.24) is 14.7 Å². The van der Waals surface area contributed by atoms with Gasteiger partial charge in [-0.1, -0.05) is 16.9 Å². The van der Waals surface area contributed by atoms with Crippen LogP contribution in [0.3, 0.4) is 0 Å². The molecule has 0 saturated heterocycles. The van der Waals surface area contributed by atoms with Crippen LogP contribution in [0.5, 0.6) is 0 Å². The Kier molecular flexibility index (Phi) is 4.00. The summed E-state index contributed by atoms with van der Waals surface area (Å²) >= 11 is 0.989. The van der Waals surface area contributed by atoms with Gasteiger partial charge in [-0.15, -0.1) is 0 Å². The van der Waals surface area contributed by atoms with E-state index in [1.54, 1.807) is 23.8 Å². The summed E-state index contributed by atoms with van der Waals surface area (Å²) in [7, 11) is 0. The third kappa shape index (κ3) is 3.68. The Bertz CT molecular complexity index is 649. The van der Waals surface area contributed by atoms with E-state index in [2.05, 4.69) is 10.1 Å². The largest absolute Gasteiger partial charge is 0.481 e. The van der Waals surface area contributed by atoms with E-state index in [9.17, 15) is 9.59 Å². The summed E-state index contributed by atoms with van der Waals surface area (Å²) < 4.78 is 6.61. The van der Waals surface area contributed by atoms with Gasteiger partial charge in [-0.05, 0) is 6.92 Å². The van der Waals surface area contributed by atoms with E-state index in [1.807, 2.05) is 0 Å². The highest BCUT2D eigenvalue weighted by molar-refractivity contribution is 7.99. The van der Waals surface area contributed by atoms with E-state index in [4.69, 9.17) is 9.63 Å². The van der Waals surface area contributed by atoms with Crippen molar-refractivity contribution in [3.05, 3.63) is 40.1 Å². The van der Waals surface area contributed by atoms with Crippen LogP contribution in [0.4, 0.5) is 0 Å². The quantitative estimate of drug-likeness (QED) is 0.638. The molecule has 0 aliphatic heterocycles. The number of carbonyl (C=O) groups is 1. The molecule has 8 heteroatoms. The van der Waals surface area contributed by atoms with Gasteiger partial charge in [0.1, 0.15) is 11.5 Å². The summed E-state index contributed by atoms with van der Waals surface area (Å²) in [6.07, 6.45) is 1.56. The van der Waals surface area contributed by atoms with Crippen LogP contribution in [0.2, 0.25) is 0 Å². The number of hydrogen-bond donors (Lipinski definition) is 1. The van der Waals surface area contributed by atoms with Gasteiger partial charge in [-0.25, -0.2) is 0 Å². The van der Waals surface area contributed by atoms with E-state index in [0.717, 1.165) is 11.8 Å². The molecule has 0 unspecified atom stereocenters. The highest BCUT2D eigenvalue weighted by Crippen LogP contribution is 2.15. The van der Waals surface area contributed by atoms with Gasteiger partial charge in [0.25, 0.3) is 5.56 Å². The van der Waals surface area contributed by atoms with Crippen LogP contribution >= 0.6 is 11.8 Å². The molecule has 0 aliphatic carbocycles. The molecule has 0 spiro atoms. The van der Waals surface area contributed by atoms with Crippen molar-refractivity contribution in [3.8, 4) is 0 Å². The van der Waals surface area contributed by atoms with Crippen molar-refractivity contribution in [2.24, 2.45) is 0 Å². The van der Waals surface area contributed by atoms with Gasteiger partial charge in [-0.2, -0.15) is 4.98 Å². The minimum Gasteiger partial charge on any atom is -0.481 e. The molecule has 2 heterocycles. The molecule has 0 radical (unpaired) electrons. The second-order valence-corrected chi connectivity index (χ2v) is 4.73. The molecule has 2 rings (SSSR count). The summed E-state index contributed by atoms with van der Waals surface area (Å²) in [6.45, 7) is 2.15. The fourth-order valence-electron chi connectivity index (χ4n) is 1.44. The molecule has 0 amide bonds. The Morgan fingerprint density at radius 1 is 1.58 bits per heavy atom. The Labute approximate surface area is 112 Å². The van der Waals surface area contributed by atoms with Crippen LogP contribution in [0, 0.1) is 6.92 Å². The first-order valence-electron chi connectivity index (χ1n) is 5.39. The lowest BCUT2D eigenvalue weighted by Gasteiger charge is -2.08. The molecule has 0 aliphatic rings. The van der Waals surface area contributed by atoms with Crippen LogP contribution < -0.4 is 5.56 Å². The van der Waals surface area contributed by atoms with E-state index in [1.165, 1.54) is 6.07 Å². The highest BCUT2D eigenvalue weighted by atomic mass is 32.2. The first-order valence-corrected chi connectivity index (χ1v) is 6.37. The number of rotatable bonds is 5. The zero-order valence-corrected chi connectivity index (χ0v) is 10.9.